The first-order valence-electron chi connectivity index (χ1n) is 5.53. The molecule has 1 aliphatic rings. The molecule has 4 nitrogen and oxygen atoms in total. The summed E-state index contributed by atoms with van der Waals surface area (Å²) >= 11 is 0. The van der Waals surface area contributed by atoms with E-state index in [0.717, 1.165) is 25.9 Å². The Bertz CT molecular complexity index is 329. The molecule has 1 fully saturated rings. The predicted molar refractivity (Wildman–Crippen MR) is 58.4 cm³/mol. The van der Waals surface area contributed by atoms with Crippen molar-refractivity contribution < 1.29 is 5.11 Å². The normalized spacial score (nSPS) is 25.3. The van der Waals surface area contributed by atoms with Crippen LogP contribution in [0.5, 0.6) is 0 Å². The number of aliphatic hydroxyl groups is 1. The van der Waals surface area contributed by atoms with Crippen LogP contribution in [0.4, 0.5) is 0 Å². The first-order valence-corrected chi connectivity index (χ1v) is 5.53. The van der Waals surface area contributed by atoms with Crippen molar-refractivity contribution in [2.24, 2.45) is 13.0 Å². The first-order chi connectivity index (χ1) is 7.16. The van der Waals surface area contributed by atoms with Crippen LogP contribution in [-0.2, 0) is 13.6 Å². The number of hydrogen-bond acceptors (Lipinski definition) is 3. The van der Waals surface area contributed by atoms with Crippen molar-refractivity contribution >= 4 is 0 Å². The van der Waals surface area contributed by atoms with Crippen molar-refractivity contribution in [2.75, 3.05) is 6.54 Å². The summed E-state index contributed by atoms with van der Waals surface area (Å²) in [5.74, 6) is 0.664. The number of aryl methyl sites for hydroxylation is 1. The highest BCUT2D eigenvalue weighted by molar-refractivity contribution is 5.15. The third-order valence-electron chi connectivity index (χ3n) is 3.30. The fourth-order valence-electron chi connectivity index (χ4n) is 2.00. The van der Waals surface area contributed by atoms with Gasteiger partial charge in [-0.15, -0.1) is 0 Å². The highest BCUT2D eigenvalue weighted by atomic mass is 16.3. The zero-order valence-electron chi connectivity index (χ0n) is 9.40. The van der Waals surface area contributed by atoms with E-state index in [1.54, 1.807) is 0 Å². The van der Waals surface area contributed by atoms with Gasteiger partial charge in [0.2, 0.25) is 0 Å². The Balaban J connectivity index is 1.72. The third kappa shape index (κ3) is 2.38. The van der Waals surface area contributed by atoms with Gasteiger partial charge in [0, 0.05) is 24.8 Å². The summed E-state index contributed by atoms with van der Waals surface area (Å²) in [5, 5.41) is 16.8. The molecule has 2 N–H and O–H groups in total. The van der Waals surface area contributed by atoms with Gasteiger partial charge in [-0.3, -0.25) is 4.68 Å². The summed E-state index contributed by atoms with van der Waals surface area (Å²) in [6, 6.07) is 0. The molecule has 0 amide bonds. The molecule has 15 heavy (non-hydrogen) atoms. The number of rotatable bonds is 4. The van der Waals surface area contributed by atoms with Gasteiger partial charge >= 0.3 is 0 Å². The maximum Gasteiger partial charge on any atom is 0.0546 e. The van der Waals surface area contributed by atoms with Gasteiger partial charge in [-0.25, -0.2) is 0 Å². The molecule has 0 saturated heterocycles. The van der Waals surface area contributed by atoms with E-state index in [-0.39, 0.29) is 6.10 Å². The number of aliphatic hydroxyl groups excluding tert-OH is 1. The fourth-order valence-corrected chi connectivity index (χ4v) is 2.00. The molecule has 1 aromatic rings. The molecule has 1 heterocycles. The topological polar surface area (TPSA) is 50.1 Å². The molecule has 0 aromatic carbocycles. The lowest BCUT2D eigenvalue weighted by Crippen LogP contribution is -2.35. The molecule has 1 saturated carbocycles. The second-order valence-electron chi connectivity index (χ2n) is 4.50. The van der Waals surface area contributed by atoms with Crippen molar-refractivity contribution in [3.63, 3.8) is 0 Å². The maximum absolute atomic E-state index is 9.14. The molecular weight excluding hydrogens is 190 g/mol. The van der Waals surface area contributed by atoms with Crippen LogP contribution in [0.15, 0.2) is 6.20 Å². The standard InChI is InChI=1S/C11H19N3O/c1-8-10(7-13-14(8)2)6-12-5-9-3-11(15)4-9/h7,9,11-12,15H,3-6H2,1-2H3. The van der Waals surface area contributed by atoms with Gasteiger partial charge in [0.15, 0.2) is 0 Å². The summed E-state index contributed by atoms with van der Waals surface area (Å²) in [6.45, 7) is 3.97. The SMILES string of the molecule is Cc1c(CNCC2CC(O)C2)cnn1C. The van der Waals surface area contributed by atoms with E-state index in [1.807, 2.05) is 17.9 Å². The van der Waals surface area contributed by atoms with Gasteiger partial charge in [-0.05, 0) is 32.2 Å². The second-order valence-corrected chi connectivity index (χ2v) is 4.50. The van der Waals surface area contributed by atoms with Gasteiger partial charge in [0.1, 0.15) is 0 Å². The van der Waals surface area contributed by atoms with Crippen LogP contribution >= 0.6 is 0 Å². The number of nitrogens with zero attached hydrogens (tertiary/aromatic N) is 2. The Hall–Kier alpha value is -0.870. The first kappa shape index (κ1) is 10.6. The minimum absolute atomic E-state index is 0.0445. The van der Waals surface area contributed by atoms with E-state index in [0.29, 0.717) is 5.92 Å². The van der Waals surface area contributed by atoms with E-state index in [4.69, 9.17) is 5.11 Å². The Kier molecular flexibility index (Phi) is 3.07. The molecular formula is C11H19N3O. The molecule has 1 aromatic heterocycles. The monoisotopic (exact) mass is 209 g/mol. The Labute approximate surface area is 90.3 Å². The predicted octanol–water partition coefficient (Wildman–Crippen LogP) is 0.589. The highest BCUT2D eigenvalue weighted by Gasteiger charge is 2.26. The van der Waals surface area contributed by atoms with E-state index in [1.165, 1.54) is 11.3 Å². The molecule has 4 heteroatoms. The minimum atomic E-state index is -0.0445. The van der Waals surface area contributed by atoms with Gasteiger partial charge < -0.3 is 10.4 Å². The van der Waals surface area contributed by atoms with Crippen molar-refractivity contribution in [3.05, 3.63) is 17.5 Å². The van der Waals surface area contributed by atoms with Crippen molar-refractivity contribution in [2.45, 2.75) is 32.4 Å². The average molecular weight is 209 g/mol. The minimum Gasteiger partial charge on any atom is -0.393 e. The van der Waals surface area contributed by atoms with Crippen LogP contribution < -0.4 is 5.32 Å². The molecule has 1 aliphatic carbocycles. The third-order valence-corrected chi connectivity index (χ3v) is 3.30. The number of aromatic nitrogens is 2. The Morgan fingerprint density at radius 1 is 1.60 bits per heavy atom. The zero-order chi connectivity index (χ0) is 10.8. The molecule has 84 valence electrons. The van der Waals surface area contributed by atoms with Crippen LogP contribution in [0, 0.1) is 12.8 Å². The van der Waals surface area contributed by atoms with Crippen molar-refractivity contribution in [1.82, 2.24) is 15.1 Å². The highest BCUT2D eigenvalue weighted by Crippen LogP contribution is 2.26. The molecule has 0 aliphatic heterocycles. The maximum atomic E-state index is 9.14. The lowest BCUT2D eigenvalue weighted by molar-refractivity contribution is 0.0429. The van der Waals surface area contributed by atoms with Gasteiger partial charge in [0.05, 0.1) is 12.3 Å². The summed E-state index contributed by atoms with van der Waals surface area (Å²) in [5.41, 5.74) is 2.48. The van der Waals surface area contributed by atoms with Crippen LogP contribution in [0.25, 0.3) is 0 Å². The van der Waals surface area contributed by atoms with Gasteiger partial charge in [-0.1, -0.05) is 0 Å². The van der Waals surface area contributed by atoms with Crippen LogP contribution in [-0.4, -0.2) is 27.5 Å². The number of hydrogen-bond donors (Lipinski definition) is 2. The van der Waals surface area contributed by atoms with Crippen LogP contribution in [0.2, 0.25) is 0 Å². The molecule has 0 radical (unpaired) electrons. The van der Waals surface area contributed by atoms with Gasteiger partial charge in [-0.2, -0.15) is 5.10 Å². The quantitative estimate of drug-likeness (QED) is 0.763. The smallest absolute Gasteiger partial charge is 0.0546 e. The lowest BCUT2D eigenvalue weighted by Gasteiger charge is -2.31. The molecule has 0 atom stereocenters. The molecule has 0 spiro atoms. The summed E-state index contributed by atoms with van der Waals surface area (Å²) in [6.07, 6.45) is 3.78. The van der Waals surface area contributed by atoms with Crippen LogP contribution in [0.3, 0.4) is 0 Å². The summed E-state index contributed by atoms with van der Waals surface area (Å²) in [4.78, 5) is 0. The van der Waals surface area contributed by atoms with E-state index >= 15 is 0 Å². The number of nitrogens with one attached hydrogen (secondary N) is 1. The Morgan fingerprint density at radius 2 is 2.33 bits per heavy atom. The average Bonchev–Trinajstić information content (AvgIpc) is 2.46. The summed E-state index contributed by atoms with van der Waals surface area (Å²) < 4.78 is 1.89. The van der Waals surface area contributed by atoms with Crippen molar-refractivity contribution in [3.8, 4) is 0 Å². The largest absolute Gasteiger partial charge is 0.393 e. The van der Waals surface area contributed by atoms with E-state index < -0.39 is 0 Å². The van der Waals surface area contributed by atoms with Crippen LogP contribution in [0.1, 0.15) is 24.1 Å². The second kappa shape index (κ2) is 4.33. The summed E-state index contributed by atoms with van der Waals surface area (Å²) in [7, 11) is 1.96. The molecule has 0 bridgehead atoms. The van der Waals surface area contributed by atoms with E-state index in [9.17, 15) is 0 Å². The van der Waals surface area contributed by atoms with Gasteiger partial charge in [0.25, 0.3) is 0 Å². The fraction of sp³-hybridized carbons (Fsp3) is 0.727. The van der Waals surface area contributed by atoms with Crippen molar-refractivity contribution in [1.29, 1.82) is 0 Å². The Morgan fingerprint density at radius 3 is 2.87 bits per heavy atom. The van der Waals surface area contributed by atoms with E-state index in [2.05, 4.69) is 17.3 Å². The lowest BCUT2D eigenvalue weighted by atomic mass is 9.82. The molecule has 0 unspecified atom stereocenters. The zero-order valence-corrected chi connectivity index (χ0v) is 9.40. The molecule has 2 rings (SSSR count).